The zero-order valence-corrected chi connectivity index (χ0v) is 17.4. The number of nitrogens with zero attached hydrogens (tertiary/aromatic N) is 3. The molecule has 0 spiro atoms. The van der Waals surface area contributed by atoms with E-state index in [0.29, 0.717) is 11.3 Å². The molecule has 1 fully saturated rings. The first-order valence-corrected chi connectivity index (χ1v) is 11.4. The summed E-state index contributed by atoms with van der Waals surface area (Å²) in [6.45, 7) is 8.82. The summed E-state index contributed by atoms with van der Waals surface area (Å²) < 4.78 is 14.3. The Morgan fingerprint density at radius 1 is 1.38 bits per heavy atom. The largest absolute Gasteiger partial charge is 0.357 e. The third kappa shape index (κ3) is 6.74. The molecule has 3 atom stereocenters. The minimum absolute atomic E-state index is 0.340. The Hall–Kier alpha value is -1.37. The van der Waals surface area contributed by atoms with Gasteiger partial charge in [-0.3, -0.25) is 9.20 Å². The second-order valence-corrected chi connectivity index (χ2v) is 8.94. The molecule has 1 aliphatic rings. The summed E-state index contributed by atoms with van der Waals surface area (Å²) in [5.41, 5.74) is 0. The Balaban J connectivity index is 1.76. The summed E-state index contributed by atoms with van der Waals surface area (Å²) in [7, 11) is -0.685. The van der Waals surface area contributed by atoms with E-state index in [1.807, 2.05) is 26.2 Å². The van der Waals surface area contributed by atoms with E-state index in [1.54, 1.807) is 0 Å². The Morgan fingerprint density at radius 3 is 2.92 bits per heavy atom. The SMILES string of the molecule is CCNC(=NCCCCn1ccnc1C)NC1CCCC(S(=O)CC)C1. The lowest BCUT2D eigenvalue weighted by molar-refractivity contribution is 0.413. The van der Waals surface area contributed by atoms with Crippen LogP contribution in [0, 0.1) is 6.92 Å². The van der Waals surface area contributed by atoms with Crippen molar-refractivity contribution in [3.8, 4) is 0 Å². The Bertz CT molecular complexity index is 586. The highest BCUT2D eigenvalue weighted by atomic mass is 32.2. The van der Waals surface area contributed by atoms with E-state index in [-0.39, 0.29) is 0 Å². The highest BCUT2D eigenvalue weighted by Gasteiger charge is 2.25. The molecule has 148 valence electrons. The fourth-order valence-electron chi connectivity index (χ4n) is 3.49. The topological polar surface area (TPSA) is 71.3 Å². The first-order valence-electron chi connectivity index (χ1n) is 10.0. The Morgan fingerprint density at radius 2 is 2.23 bits per heavy atom. The van der Waals surface area contributed by atoms with Crippen LogP contribution >= 0.6 is 0 Å². The summed E-state index contributed by atoms with van der Waals surface area (Å²) in [4.78, 5) is 8.98. The van der Waals surface area contributed by atoms with E-state index in [0.717, 1.165) is 75.7 Å². The molecule has 2 rings (SSSR count). The number of hydrogen-bond acceptors (Lipinski definition) is 3. The van der Waals surface area contributed by atoms with Gasteiger partial charge in [-0.2, -0.15) is 0 Å². The zero-order chi connectivity index (χ0) is 18.8. The van der Waals surface area contributed by atoms with E-state index in [4.69, 9.17) is 4.99 Å². The summed E-state index contributed by atoms with van der Waals surface area (Å²) in [6.07, 6.45) is 10.4. The number of aryl methyl sites for hydroxylation is 2. The summed E-state index contributed by atoms with van der Waals surface area (Å²) in [6, 6.07) is 0.385. The molecule has 1 heterocycles. The fourth-order valence-corrected chi connectivity index (χ4v) is 4.84. The number of aliphatic imine (C=N–C) groups is 1. The van der Waals surface area contributed by atoms with Gasteiger partial charge in [0.1, 0.15) is 5.82 Å². The van der Waals surface area contributed by atoms with Crippen LogP contribution in [-0.4, -0.2) is 49.9 Å². The number of hydrogen-bond donors (Lipinski definition) is 2. The second kappa shape index (κ2) is 11.4. The number of rotatable bonds is 9. The molecule has 3 unspecified atom stereocenters. The lowest BCUT2D eigenvalue weighted by Crippen LogP contribution is -2.46. The molecule has 0 bridgehead atoms. The lowest BCUT2D eigenvalue weighted by atomic mass is 9.95. The Labute approximate surface area is 160 Å². The molecule has 1 aromatic rings. The third-order valence-electron chi connectivity index (χ3n) is 4.97. The van der Waals surface area contributed by atoms with Crippen molar-refractivity contribution in [1.29, 1.82) is 0 Å². The van der Waals surface area contributed by atoms with Gasteiger partial charge in [-0.1, -0.05) is 13.3 Å². The molecule has 1 aliphatic carbocycles. The van der Waals surface area contributed by atoms with Gasteiger partial charge in [0.25, 0.3) is 0 Å². The molecule has 2 N–H and O–H groups in total. The van der Waals surface area contributed by atoms with E-state index in [2.05, 4.69) is 27.1 Å². The highest BCUT2D eigenvalue weighted by Crippen LogP contribution is 2.22. The van der Waals surface area contributed by atoms with E-state index in [9.17, 15) is 4.21 Å². The minimum atomic E-state index is -0.685. The first-order chi connectivity index (χ1) is 12.6. The van der Waals surface area contributed by atoms with Gasteiger partial charge in [0.15, 0.2) is 5.96 Å². The Kier molecular flexibility index (Phi) is 9.15. The molecule has 7 heteroatoms. The van der Waals surface area contributed by atoms with E-state index in [1.165, 1.54) is 0 Å². The lowest BCUT2D eigenvalue weighted by Gasteiger charge is -2.30. The van der Waals surface area contributed by atoms with Gasteiger partial charge < -0.3 is 15.2 Å². The van der Waals surface area contributed by atoms with Crippen LogP contribution in [0.5, 0.6) is 0 Å². The number of guanidine groups is 1. The molecule has 0 radical (unpaired) electrons. The summed E-state index contributed by atoms with van der Waals surface area (Å²) in [5, 5.41) is 7.26. The molecular formula is C19H35N5OS. The summed E-state index contributed by atoms with van der Waals surface area (Å²) >= 11 is 0. The average Bonchev–Trinajstić information content (AvgIpc) is 3.06. The molecule has 0 aromatic carbocycles. The molecule has 0 aliphatic heterocycles. The van der Waals surface area contributed by atoms with Crippen molar-refractivity contribution in [2.75, 3.05) is 18.8 Å². The van der Waals surface area contributed by atoms with Gasteiger partial charge in [0, 0.05) is 59.9 Å². The zero-order valence-electron chi connectivity index (χ0n) is 16.5. The van der Waals surface area contributed by atoms with E-state index < -0.39 is 10.8 Å². The number of imidazole rings is 1. The van der Waals surface area contributed by atoms with Gasteiger partial charge >= 0.3 is 0 Å². The molecule has 0 amide bonds. The normalized spacial score (nSPS) is 22.2. The fraction of sp³-hybridized carbons (Fsp3) is 0.789. The average molecular weight is 382 g/mol. The van der Waals surface area contributed by atoms with E-state index >= 15 is 0 Å². The van der Waals surface area contributed by atoms with Gasteiger partial charge in [0.2, 0.25) is 0 Å². The maximum absolute atomic E-state index is 12.1. The standard InChI is InChI=1S/C19H35N5OS/c1-4-20-19(22-11-6-7-13-24-14-12-21-16(24)3)23-17-9-8-10-18(15-17)26(25)5-2/h12,14,17-18H,4-11,13,15H2,1-3H3,(H2,20,22,23). The number of unbranched alkanes of at least 4 members (excludes halogenated alkanes) is 1. The van der Waals surface area contributed by atoms with Crippen LogP contribution in [0.15, 0.2) is 17.4 Å². The van der Waals surface area contributed by atoms with Crippen LogP contribution in [-0.2, 0) is 17.3 Å². The quantitative estimate of drug-likeness (QED) is 0.392. The predicted octanol–water partition coefficient (Wildman–Crippen LogP) is 2.61. The molecule has 26 heavy (non-hydrogen) atoms. The monoisotopic (exact) mass is 381 g/mol. The van der Waals surface area contributed by atoms with Crippen molar-refractivity contribution in [2.24, 2.45) is 4.99 Å². The van der Waals surface area contributed by atoms with Crippen molar-refractivity contribution >= 4 is 16.8 Å². The van der Waals surface area contributed by atoms with Crippen LogP contribution in [0.3, 0.4) is 0 Å². The summed E-state index contributed by atoms with van der Waals surface area (Å²) in [5.74, 6) is 2.74. The first kappa shape index (κ1) is 20.9. The number of aromatic nitrogens is 2. The van der Waals surface area contributed by atoms with Crippen LogP contribution in [0.1, 0.15) is 58.2 Å². The van der Waals surface area contributed by atoms with Gasteiger partial charge in [-0.05, 0) is 46.0 Å². The third-order valence-corrected chi connectivity index (χ3v) is 6.71. The molecule has 1 aromatic heterocycles. The van der Waals surface area contributed by atoms with Crippen molar-refractivity contribution in [3.63, 3.8) is 0 Å². The molecular weight excluding hydrogens is 346 g/mol. The highest BCUT2D eigenvalue weighted by molar-refractivity contribution is 7.85. The maximum Gasteiger partial charge on any atom is 0.191 e. The predicted molar refractivity (Wildman–Crippen MR) is 110 cm³/mol. The smallest absolute Gasteiger partial charge is 0.191 e. The van der Waals surface area contributed by atoms with Crippen molar-refractivity contribution in [2.45, 2.75) is 77.1 Å². The molecule has 6 nitrogen and oxygen atoms in total. The maximum atomic E-state index is 12.1. The second-order valence-electron chi connectivity index (χ2n) is 6.93. The van der Waals surface area contributed by atoms with Crippen molar-refractivity contribution in [3.05, 3.63) is 18.2 Å². The van der Waals surface area contributed by atoms with Gasteiger partial charge in [-0.25, -0.2) is 4.98 Å². The number of nitrogens with one attached hydrogen (secondary N) is 2. The molecule has 0 saturated heterocycles. The molecule has 1 saturated carbocycles. The van der Waals surface area contributed by atoms with Gasteiger partial charge in [0.05, 0.1) is 0 Å². The van der Waals surface area contributed by atoms with Crippen LogP contribution < -0.4 is 10.6 Å². The van der Waals surface area contributed by atoms with Crippen LogP contribution in [0.25, 0.3) is 0 Å². The van der Waals surface area contributed by atoms with Crippen molar-refractivity contribution in [1.82, 2.24) is 20.2 Å². The van der Waals surface area contributed by atoms with Gasteiger partial charge in [-0.15, -0.1) is 0 Å². The van der Waals surface area contributed by atoms with Crippen LogP contribution in [0.4, 0.5) is 0 Å². The van der Waals surface area contributed by atoms with Crippen molar-refractivity contribution < 1.29 is 4.21 Å². The van der Waals surface area contributed by atoms with Crippen LogP contribution in [0.2, 0.25) is 0 Å². The minimum Gasteiger partial charge on any atom is -0.357 e.